The van der Waals surface area contributed by atoms with Crippen molar-refractivity contribution in [3.05, 3.63) is 128 Å². The number of aromatic nitrogens is 19. The first-order valence-electron chi connectivity index (χ1n) is 42.6. The Morgan fingerprint density at radius 3 is 1.62 bits per heavy atom. The molecular formula is C85H102Br5F3N24O9S5. The number of aryl methyl sites for hydroxylation is 8. The SMILES string of the molecule is CC(=O)C(F)(F)F.CCOc1nc(Nc2nc(C(=O)O)cs2)nc2[nH]c(CC)c(Br)c12.CCc1[nH]c2nc(SC)nc(CCC3OCCCO3)c2c1Br.CCc1[nH]c2nc(SC)nc(CCCNCCN3CCOCC3)c2c1Br.CCc1[nH]c2nc(SC)nc(CCCNCc3ccco3)c2c1Br.CCc1[nH]c2nc(Sc3cnc4cccnc4n3)nc(N3CC(O)C3)c2c1Br. The normalized spacial score (nSPS) is 13.8. The smallest absolute Gasteiger partial charge is 0.449 e. The van der Waals surface area contributed by atoms with E-state index in [1.165, 1.54) is 39.9 Å². The number of aromatic carboxylic acids is 1. The number of β-amino-alcohol motifs (C(OH)–C–C–N with tert-alkyl or cyclic N) is 1. The van der Waals surface area contributed by atoms with Gasteiger partial charge < -0.3 is 74.0 Å². The number of halogens is 8. The van der Waals surface area contributed by atoms with Crippen LogP contribution in [0.2, 0.25) is 0 Å². The number of fused-ring (bicyclic) bond motifs is 6. The fraction of sp³-hybridized carbons (Fsp3) is 0.459. The second kappa shape index (κ2) is 49.7. The number of morpholine rings is 1. The number of anilines is 3. The fourth-order valence-corrected chi connectivity index (χ4v) is 20.3. The zero-order valence-corrected chi connectivity index (χ0v) is 85.6. The monoisotopic (exact) mass is 2210 g/mol. The lowest BCUT2D eigenvalue weighted by Crippen LogP contribution is -2.51. The number of hydrogen-bond donors (Lipinski definition) is 10. The molecule has 17 heterocycles. The number of pyridine rings is 1. The van der Waals surface area contributed by atoms with Crippen molar-refractivity contribution in [3.63, 3.8) is 0 Å². The van der Waals surface area contributed by atoms with Crippen LogP contribution in [0.15, 0.2) is 101 Å². The van der Waals surface area contributed by atoms with Crippen molar-refractivity contribution < 1.29 is 56.3 Å². The number of carbonyl (C=O) groups is 2. The molecule has 0 aromatic carbocycles. The molecule has 702 valence electrons. The molecule has 0 amide bonds. The van der Waals surface area contributed by atoms with Crippen molar-refractivity contribution in [1.82, 2.24) is 110 Å². The van der Waals surface area contributed by atoms with E-state index in [1.54, 1.807) is 53.9 Å². The number of thioether (sulfide) groups is 3. The van der Waals surface area contributed by atoms with Crippen LogP contribution in [0.4, 0.5) is 30.1 Å². The number of ketones is 1. The highest BCUT2D eigenvalue weighted by Crippen LogP contribution is 2.41. The average molecular weight is 2220 g/mol. The van der Waals surface area contributed by atoms with Crippen LogP contribution in [0, 0.1) is 0 Å². The molecule has 33 nitrogen and oxygen atoms in total. The lowest BCUT2D eigenvalue weighted by Gasteiger charge is -2.37. The van der Waals surface area contributed by atoms with Gasteiger partial charge in [-0.25, -0.2) is 59.6 Å². The first-order chi connectivity index (χ1) is 63.3. The van der Waals surface area contributed by atoms with Crippen LogP contribution < -0.4 is 25.6 Å². The van der Waals surface area contributed by atoms with Gasteiger partial charge in [-0.2, -0.15) is 23.1 Å². The van der Waals surface area contributed by atoms with E-state index in [2.05, 4.69) is 208 Å². The van der Waals surface area contributed by atoms with E-state index >= 15 is 0 Å². The summed E-state index contributed by atoms with van der Waals surface area (Å²) in [6.07, 6.45) is 17.1. The maximum atomic E-state index is 10.9. The van der Waals surface area contributed by atoms with Crippen molar-refractivity contribution in [2.24, 2.45) is 0 Å². The second-order valence-corrected chi connectivity index (χ2v) is 37.7. The summed E-state index contributed by atoms with van der Waals surface area (Å²) in [4.78, 5) is 105. The number of aliphatic hydroxyl groups excluding tert-OH is 1. The minimum Gasteiger partial charge on any atom is -0.477 e. The average Bonchev–Trinajstić information content (AvgIpc) is 1.65. The third kappa shape index (κ3) is 27.2. The van der Waals surface area contributed by atoms with Crippen LogP contribution in [0.5, 0.6) is 5.88 Å². The minimum absolute atomic E-state index is 0.0236. The van der Waals surface area contributed by atoms with Gasteiger partial charge in [-0.15, -0.1) is 11.3 Å². The van der Waals surface area contributed by atoms with Gasteiger partial charge >= 0.3 is 12.1 Å². The van der Waals surface area contributed by atoms with E-state index in [9.17, 15) is 27.9 Å². The Hall–Kier alpha value is -7.65. The molecule has 0 atom stereocenters. The van der Waals surface area contributed by atoms with Gasteiger partial charge in [0.25, 0.3) is 0 Å². The number of carboxylic acid groups (broad SMARTS) is 1. The lowest BCUT2D eigenvalue weighted by molar-refractivity contribution is -0.180. The molecule has 131 heavy (non-hydrogen) atoms. The molecular weight excluding hydrogens is 2120 g/mol. The Morgan fingerprint density at radius 1 is 0.611 bits per heavy atom. The Bertz CT molecular complexity index is 6150. The maximum Gasteiger partial charge on any atom is 0.449 e. The molecule has 3 aliphatic rings. The maximum absolute atomic E-state index is 10.9. The molecule has 17 rings (SSSR count). The Balaban J connectivity index is 0.000000145. The molecule has 14 aromatic rings. The topological polar surface area (TPSA) is 427 Å². The molecule has 0 aliphatic carbocycles. The minimum atomic E-state index is -4.64. The zero-order valence-electron chi connectivity index (χ0n) is 73.6. The summed E-state index contributed by atoms with van der Waals surface area (Å²) < 4.78 is 65.3. The molecule has 0 spiro atoms. The fourth-order valence-electron chi connectivity index (χ4n) is 13.9. The highest BCUT2D eigenvalue weighted by atomic mass is 79.9. The highest BCUT2D eigenvalue weighted by Gasteiger charge is 2.34. The Kier molecular flexibility index (Phi) is 38.8. The molecule has 10 N–H and O–H groups in total. The summed E-state index contributed by atoms with van der Waals surface area (Å²) in [5.41, 5.74) is 14.4. The predicted molar refractivity (Wildman–Crippen MR) is 526 cm³/mol. The van der Waals surface area contributed by atoms with E-state index in [4.69, 9.17) is 48.4 Å². The number of ether oxygens (including phenoxy) is 4. The van der Waals surface area contributed by atoms with Gasteiger partial charge in [0.1, 0.15) is 50.4 Å². The predicted octanol–water partition coefficient (Wildman–Crippen LogP) is 18.6. The molecule has 46 heteroatoms. The quantitative estimate of drug-likeness (QED) is 0.0106. The van der Waals surface area contributed by atoms with Crippen molar-refractivity contribution in [2.45, 2.75) is 176 Å². The summed E-state index contributed by atoms with van der Waals surface area (Å²) in [5.74, 6) is -0.326. The molecule has 3 saturated heterocycles. The lowest BCUT2D eigenvalue weighted by atomic mass is 10.1. The van der Waals surface area contributed by atoms with Gasteiger partial charge in [0.2, 0.25) is 17.6 Å². The Morgan fingerprint density at radius 2 is 1.12 bits per heavy atom. The molecule has 0 bridgehead atoms. The van der Waals surface area contributed by atoms with E-state index in [-0.39, 0.29) is 24.0 Å². The summed E-state index contributed by atoms with van der Waals surface area (Å²) in [6, 6.07) is 7.60. The number of aliphatic hydroxyl groups is 1. The first-order valence-corrected chi connectivity index (χ1v) is 51.9. The number of rotatable bonds is 32. The van der Waals surface area contributed by atoms with Gasteiger partial charge in [0.15, 0.2) is 43.4 Å². The van der Waals surface area contributed by atoms with E-state index in [1.807, 2.05) is 56.9 Å². The van der Waals surface area contributed by atoms with Gasteiger partial charge in [-0.3, -0.25) is 20.0 Å². The summed E-state index contributed by atoms with van der Waals surface area (Å²) in [7, 11) is 0. The van der Waals surface area contributed by atoms with Crippen LogP contribution in [0.1, 0.15) is 136 Å². The third-order valence-corrected chi connectivity index (χ3v) is 28.2. The van der Waals surface area contributed by atoms with Crippen molar-refractivity contribution in [2.75, 3.05) is 114 Å². The van der Waals surface area contributed by atoms with Crippen LogP contribution in [0.3, 0.4) is 0 Å². The van der Waals surface area contributed by atoms with Crippen molar-refractivity contribution >= 4 is 233 Å². The number of hydrogen-bond acceptors (Lipinski definition) is 32. The number of thiazole rings is 1. The van der Waals surface area contributed by atoms with Crippen LogP contribution >= 0.6 is 138 Å². The third-order valence-electron chi connectivity index (χ3n) is 20.6. The van der Waals surface area contributed by atoms with Gasteiger partial charge in [-0.05, 0) is 225 Å². The number of carbonyl (C=O) groups excluding carboxylic acids is 1. The number of nitrogens with one attached hydrogen (secondary N) is 8. The van der Waals surface area contributed by atoms with E-state index in [0.29, 0.717) is 59.1 Å². The highest BCUT2D eigenvalue weighted by molar-refractivity contribution is 9.11. The van der Waals surface area contributed by atoms with Crippen molar-refractivity contribution in [1.29, 1.82) is 0 Å². The number of Topliss-reactive ketones (excluding diaryl/α,β-unsaturated/α-hetero) is 1. The number of aromatic amines is 5. The number of alkyl halides is 3. The summed E-state index contributed by atoms with van der Waals surface area (Å²) >= 11 is 25.6. The van der Waals surface area contributed by atoms with Crippen LogP contribution in [0.25, 0.3) is 66.3 Å². The van der Waals surface area contributed by atoms with E-state index < -0.39 is 17.9 Å². The number of furan rings is 1. The molecule has 14 aromatic heterocycles. The largest absolute Gasteiger partial charge is 0.477 e. The number of nitrogens with zero attached hydrogens (tertiary/aromatic N) is 16. The molecule has 3 aliphatic heterocycles. The van der Waals surface area contributed by atoms with Gasteiger partial charge in [-0.1, -0.05) is 69.9 Å². The second-order valence-electron chi connectivity index (χ2n) is 29.5. The molecule has 0 saturated carbocycles. The van der Waals surface area contributed by atoms with E-state index in [0.717, 1.165) is 288 Å². The standard InChI is InChI=1S/C18H16BrN7OS.C18H28BrN5OS.C17H21BrN4OS.C15H20BrN3O2S.C14H14BrN5O3S.C3H3F3O/c1-2-10-14(19)13-16(22-10)24-18(25-17(13)26-7-9(27)8-26)28-12-6-21-11-4-3-5-20-15(11)23-12;1-3-13-16(19)15-14(22-18(26-2)23-17(15)21-13)5-4-6-20-7-8-24-9-11-25-12-10-24;1-3-12-15(18)14-13(21-17(24-2)22-16(14)20-12)7-4-8-19-10-11-6-5-9-23-11;1-3-9-13(16)12-10(5-6-11-20-7-4-8-21-11)18-15(22-2)19-14(12)17-9;1-3-6-9(15)8-10(16-6)18-13(19-11(8)23-4-2)20-14-17-7(5-24-14)12(21)22;1-2(7)3(4,5)6/h3-6,9,27H,2,7-8H2,1H3,(H,22,24,25);20H,3-12H2,1-2H3,(H,21,22,23);5-6,9,19H,3-4,7-8,10H2,1-2H3,(H,20,21,22);11H,3-8H2,1-2H3,(H,17,18,19);5H,3-4H2,1-2H3,(H,21,22)(H2,16,17,18,19,20);1H3. The first kappa shape index (κ1) is 102. The molecule has 0 unspecified atom stereocenters. The molecule has 3 fully saturated rings. The Labute approximate surface area is 816 Å². The summed E-state index contributed by atoms with van der Waals surface area (Å²) in [6.45, 7) is 24.7. The number of H-pyrrole nitrogens is 5. The van der Waals surface area contributed by atoms with Gasteiger partial charge in [0.05, 0.1) is 111 Å². The van der Waals surface area contributed by atoms with Crippen molar-refractivity contribution in [3.8, 4) is 5.88 Å². The van der Waals surface area contributed by atoms with Crippen LogP contribution in [-0.2, 0) is 76.9 Å². The zero-order chi connectivity index (χ0) is 93.4. The summed E-state index contributed by atoms with van der Waals surface area (Å²) in [5, 5.41) is 39.2. The number of carboxylic acids is 1. The molecule has 0 radical (unpaired) electrons. The van der Waals surface area contributed by atoms with Crippen LogP contribution in [-0.4, -0.2) is 244 Å². The van der Waals surface area contributed by atoms with Gasteiger partial charge in [0, 0.05) is 106 Å².